The van der Waals surface area contributed by atoms with Gasteiger partial charge in [0, 0.05) is 6.07 Å². The minimum Gasteiger partial charge on any atom is -0.467 e. The standard InChI is InChI=1S/C9H11NO4/c1-13-8(12)7(11)9(3-4-9)6-2-5-14-10-6/h2,5,7,11H,3-4H2,1H3. The molecule has 14 heavy (non-hydrogen) atoms. The summed E-state index contributed by atoms with van der Waals surface area (Å²) >= 11 is 0. The molecule has 2 rings (SSSR count). The van der Waals surface area contributed by atoms with Crippen molar-refractivity contribution in [2.45, 2.75) is 24.4 Å². The van der Waals surface area contributed by atoms with Gasteiger partial charge in [-0.05, 0) is 12.8 Å². The Balaban J connectivity index is 2.21. The second-order valence-corrected chi connectivity index (χ2v) is 3.47. The van der Waals surface area contributed by atoms with Crippen LogP contribution >= 0.6 is 0 Å². The van der Waals surface area contributed by atoms with Gasteiger partial charge in [-0.15, -0.1) is 0 Å². The van der Waals surface area contributed by atoms with E-state index >= 15 is 0 Å². The first kappa shape index (κ1) is 9.21. The summed E-state index contributed by atoms with van der Waals surface area (Å²) < 4.78 is 9.18. The molecule has 0 spiro atoms. The van der Waals surface area contributed by atoms with E-state index in [0.29, 0.717) is 5.69 Å². The first-order valence-electron chi connectivity index (χ1n) is 4.37. The molecular formula is C9H11NO4. The Hall–Kier alpha value is -1.36. The number of ether oxygens (including phenoxy) is 1. The van der Waals surface area contributed by atoms with Crippen molar-refractivity contribution in [1.29, 1.82) is 0 Å². The highest BCUT2D eigenvalue weighted by Gasteiger charge is 2.55. The predicted octanol–water partition coefficient (Wildman–Crippen LogP) is 0.240. The van der Waals surface area contributed by atoms with Gasteiger partial charge < -0.3 is 14.4 Å². The molecule has 0 aromatic carbocycles. The molecule has 1 heterocycles. The average Bonchev–Trinajstić information content (AvgIpc) is 2.84. The minimum atomic E-state index is -1.14. The first-order chi connectivity index (χ1) is 6.70. The van der Waals surface area contributed by atoms with Crippen molar-refractivity contribution in [3.05, 3.63) is 18.0 Å². The Bertz CT molecular complexity index is 329. The molecule has 0 amide bonds. The fourth-order valence-electron chi connectivity index (χ4n) is 1.61. The zero-order valence-electron chi connectivity index (χ0n) is 7.77. The SMILES string of the molecule is COC(=O)C(O)C1(c2ccon2)CC1. The Morgan fingerprint density at radius 3 is 2.93 bits per heavy atom. The zero-order valence-corrected chi connectivity index (χ0v) is 7.77. The Morgan fingerprint density at radius 1 is 1.79 bits per heavy atom. The third-order valence-corrected chi connectivity index (χ3v) is 2.68. The zero-order chi connectivity index (χ0) is 10.2. The highest BCUT2D eigenvalue weighted by molar-refractivity contribution is 5.77. The quantitative estimate of drug-likeness (QED) is 0.703. The smallest absolute Gasteiger partial charge is 0.335 e. The largest absolute Gasteiger partial charge is 0.467 e. The van der Waals surface area contributed by atoms with E-state index in [1.54, 1.807) is 6.07 Å². The third-order valence-electron chi connectivity index (χ3n) is 2.68. The fraction of sp³-hybridized carbons (Fsp3) is 0.556. The topological polar surface area (TPSA) is 72.6 Å². The molecule has 1 fully saturated rings. The van der Waals surface area contributed by atoms with Crippen molar-refractivity contribution in [3.63, 3.8) is 0 Å². The molecule has 5 heteroatoms. The van der Waals surface area contributed by atoms with Crippen molar-refractivity contribution in [2.75, 3.05) is 7.11 Å². The summed E-state index contributed by atoms with van der Waals surface area (Å²) in [7, 11) is 1.25. The van der Waals surface area contributed by atoms with E-state index in [9.17, 15) is 9.90 Å². The maximum absolute atomic E-state index is 11.2. The van der Waals surface area contributed by atoms with Crippen LogP contribution in [0.4, 0.5) is 0 Å². The highest BCUT2D eigenvalue weighted by atomic mass is 16.5. The number of aromatic nitrogens is 1. The molecule has 1 unspecified atom stereocenters. The van der Waals surface area contributed by atoms with Crippen molar-refractivity contribution >= 4 is 5.97 Å². The van der Waals surface area contributed by atoms with Crippen LogP contribution in [0.2, 0.25) is 0 Å². The number of esters is 1. The number of methoxy groups -OCH3 is 1. The summed E-state index contributed by atoms with van der Waals surface area (Å²) in [6.07, 6.45) is 1.75. The molecule has 1 saturated carbocycles. The Kier molecular flexibility index (Phi) is 2.03. The minimum absolute atomic E-state index is 0.569. The van der Waals surface area contributed by atoms with Gasteiger partial charge in [0.15, 0.2) is 6.10 Å². The van der Waals surface area contributed by atoms with Crippen molar-refractivity contribution < 1.29 is 19.2 Å². The van der Waals surface area contributed by atoms with Gasteiger partial charge in [0.1, 0.15) is 6.26 Å². The molecule has 1 aromatic rings. The third kappa shape index (κ3) is 1.21. The van der Waals surface area contributed by atoms with Crippen molar-refractivity contribution in [1.82, 2.24) is 5.16 Å². The number of carbonyl (C=O) groups is 1. The summed E-state index contributed by atoms with van der Waals surface area (Å²) in [6.45, 7) is 0. The van der Waals surface area contributed by atoms with Crippen LogP contribution in [0.3, 0.4) is 0 Å². The van der Waals surface area contributed by atoms with Gasteiger partial charge in [-0.3, -0.25) is 0 Å². The molecule has 0 aliphatic heterocycles. The molecule has 1 atom stereocenters. The van der Waals surface area contributed by atoms with Gasteiger partial charge in [0.05, 0.1) is 18.2 Å². The van der Waals surface area contributed by atoms with Crippen LogP contribution in [-0.2, 0) is 14.9 Å². The van der Waals surface area contributed by atoms with E-state index in [-0.39, 0.29) is 0 Å². The molecule has 5 nitrogen and oxygen atoms in total. The number of hydrogen-bond donors (Lipinski definition) is 1. The lowest BCUT2D eigenvalue weighted by atomic mass is 9.95. The molecule has 1 N–H and O–H groups in total. The molecule has 0 bridgehead atoms. The van der Waals surface area contributed by atoms with Crippen molar-refractivity contribution in [2.24, 2.45) is 0 Å². The summed E-state index contributed by atoms with van der Waals surface area (Å²) in [5.41, 5.74) is 0.0514. The van der Waals surface area contributed by atoms with Crippen LogP contribution in [0, 0.1) is 0 Å². The summed E-state index contributed by atoms with van der Waals surface area (Å²) in [5.74, 6) is -0.620. The Morgan fingerprint density at radius 2 is 2.50 bits per heavy atom. The van der Waals surface area contributed by atoms with E-state index in [4.69, 9.17) is 4.52 Å². The number of aliphatic hydroxyl groups is 1. The van der Waals surface area contributed by atoms with Crippen LogP contribution in [0.15, 0.2) is 16.9 Å². The monoisotopic (exact) mass is 197 g/mol. The molecular weight excluding hydrogens is 186 g/mol. The number of hydrogen-bond acceptors (Lipinski definition) is 5. The lowest BCUT2D eigenvalue weighted by Crippen LogP contribution is -2.35. The predicted molar refractivity (Wildman–Crippen MR) is 45.4 cm³/mol. The molecule has 0 saturated heterocycles. The molecule has 1 aliphatic carbocycles. The van der Waals surface area contributed by atoms with Gasteiger partial charge in [0.25, 0.3) is 0 Å². The average molecular weight is 197 g/mol. The second kappa shape index (κ2) is 3.09. The van der Waals surface area contributed by atoms with Gasteiger partial charge in [-0.2, -0.15) is 0 Å². The van der Waals surface area contributed by atoms with Crippen LogP contribution < -0.4 is 0 Å². The number of carbonyl (C=O) groups excluding carboxylic acids is 1. The summed E-state index contributed by atoms with van der Waals surface area (Å²) in [4.78, 5) is 11.2. The Labute approximate surface area is 80.6 Å². The fourth-order valence-corrected chi connectivity index (χ4v) is 1.61. The van der Waals surface area contributed by atoms with Gasteiger partial charge in [-0.1, -0.05) is 5.16 Å². The number of rotatable bonds is 3. The molecule has 1 aliphatic rings. The van der Waals surface area contributed by atoms with Gasteiger partial charge in [-0.25, -0.2) is 4.79 Å². The second-order valence-electron chi connectivity index (χ2n) is 3.47. The molecule has 76 valence electrons. The molecule has 1 aromatic heterocycles. The van der Waals surface area contributed by atoms with Crippen molar-refractivity contribution in [3.8, 4) is 0 Å². The highest BCUT2D eigenvalue weighted by Crippen LogP contribution is 2.50. The van der Waals surface area contributed by atoms with Gasteiger partial charge in [0.2, 0.25) is 0 Å². The maximum atomic E-state index is 11.2. The summed E-state index contributed by atoms with van der Waals surface area (Å²) in [6, 6.07) is 1.67. The van der Waals surface area contributed by atoms with Crippen LogP contribution in [-0.4, -0.2) is 29.4 Å². The first-order valence-corrected chi connectivity index (χ1v) is 4.37. The van der Waals surface area contributed by atoms with E-state index in [1.165, 1.54) is 13.4 Å². The van der Waals surface area contributed by atoms with E-state index in [1.807, 2.05) is 0 Å². The number of aliphatic hydroxyl groups excluding tert-OH is 1. The lowest BCUT2D eigenvalue weighted by Gasteiger charge is -2.16. The van der Waals surface area contributed by atoms with Crippen LogP contribution in [0.5, 0.6) is 0 Å². The van der Waals surface area contributed by atoms with Crippen LogP contribution in [0.1, 0.15) is 18.5 Å². The maximum Gasteiger partial charge on any atom is 0.335 e. The molecule has 0 radical (unpaired) electrons. The van der Waals surface area contributed by atoms with Crippen LogP contribution in [0.25, 0.3) is 0 Å². The van der Waals surface area contributed by atoms with E-state index in [2.05, 4.69) is 9.89 Å². The normalized spacial score (nSPS) is 20.1. The summed E-state index contributed by atoms with van der Waals surface area (Å²) in [5, 5.41) is 13.5. The number of nitrogens with zero attached hydrogens (tertiary/aromatic N) is 1. The van der Waals surface area contributed by atoms with Gasteiger partial charge >= 0.3 is 5.97 Å². The lowest BCUT2D eigenvalue weighted by molar-refractivity contribution is -0.152. The van der Waals surface area contributed by atoms with E-state index in [0.717, 1.165) is 12.8 Å². The van der Waals surface area contributed by atoms with E-state index < -0.39 is 17.5 Å².